The Morgan fingerprint density at radius 3 is 2.62 bits per heavy atom. The Labute approximate surface area is 171 Å². The molecule has 1 atom stereocenters. The van der Waals surface area contributed by atoms with Crippen molar-refractivity contribution in [1.82, 2.24) is 10.2 Å². The van der Waals surface area contributed by atoms with Gasteiger partial charge in [-0.05, 0) is 43.0 Å². The molecule has 0 bridgehead atoms. The fourth-order valence-electron chi connectivity index (χ4n) is 3.55. The van der Waals surface area contributed by atoms with Crippen LogP contribution >= 0.6 is 0 Å². The van der Waals surface area contributed by atoms with Crippen molar-refractivity contribution in [1.29, 1.82) is 0 Å². The third-order valence-electron chi connectivity index (χ3n) is 4.97. The van der Waals surface area contributed by atoms with E-state index in [9.17, 15) is 8.78 Å². The molecule has 1 aliphatic heterocycles. The van der Waals surface area contributed by atoms with Gasteiger partial charge in [-0.3, -0.25) is 4.99 Å². The molecule has 156 valence electrons. The normalized spacial score (nSPS) is 17.0. The Morgan fingerprint density at radius 1 is 1.14 bits per heavy atom. The topological polar surface area (TPSA) is 36.9 Å². The van der Waals surface area contributed by atoms with E-state index in [0.717, 1.165) is 44.7 Å². The molecule has 1 unspecified atom stereocenters. The number of aliphatic imine (C=N–C) groups is 1. The van der Waals surface area contributed by atoms with Gasteiger partial charge in [-0.15, -0.1) is 0 Å². The number of likely N-dealkylation sites (tertiary alicyclic amines) is 1. The van der Waals surface area contributed by atoms with E-state index in [0.29, 0.717) is 31.1 Å². The van der Waals surface area contributed by atoms with Crippen LogP contribution in [0.3, 0.4) is 0 Å². The highest BCUT2D eigenvalue weighted by molar-refractivity contribution is 5.80. The summed E-state index contributed by atoms with van der Waals surface area (Å²) >= 11 is 0. The van der Waals surface area contributed by atoms with Crippen LogP contribution in [0.1, 0.15) is 24.5 Å². The molecule has 0 spiro atoms. The molecular formula is C23H29F2N3O. The summed E-state index contributed by atoms with van der Waals surface area (Å²) in [6.07, 6.45) is 1.56. The summed E-state index contributed by atoms with van der Waals surface area (Å²) in [7, 11) is 0. The highest BCUT2D eigenvalue weighted by Crippen LogP contribution is 2.17. The summed E-state index contributed by atoms with van der Waals surface area (Å²) in [4.78, 5) is 6.90. The maximum absolute atomic E-state index is 13.3. The van der Waals surface area contributed by atoms with Crippen LogP contribution in [0.4, 0.5) is 8.78 Å². The number of guanidine groups is 1. The molecule has 1 saturated heterocycles. The smallest absolute Gasteiger partial charge is 0.193 e. The van der Waals surface area contributed by atoms with Gasteiger partial charge in [0.25, 0.3) is 0 Å². The van der Waals surface area contributed by atoms with Gasteiger partial charge in [0.1, 0.15) is 11.6 Å². The van der Waals surface area contributed by atoms with E-state index in [2.05, 4.69) is 27.3 Å². The van der Waals surface area contributed by atoms with Gasteiger partial charge in [-0.2, -0.15) is 0 Å². The van der Waals surface area contributed by atoms with Crippen LogP contribution in [0.15, 0.2) is 53.5 Å². The van der Waals surface area contributed by atoms with Crippen molar-refractivity contribution in [3.8, 4) is 0 Å². The first kappa shape index (κ1) is 21.2. The van der Waals surface area contributed by atoms with E-state index in [1.54, 1.807) is 0 Å². The maximum Gasteiger partial charge on any atom is 0.193 e. The number of nitrogens with one attached hydrogen (secondary N) is 1. The van der Waals surface area contributed by atoms with Gasteiger partial charge < -0.3 is 15.0 Å². The van der Waals surface area contributed by atoms with Crippen molar-refractivity contribution in [2.45, 2.75) is 26.4 Å². The summed E-state index contributed by atoms with van der Waals surface area (Å²) in [5.74, 6) is 0.234. The van der Waals surface area contributed by atoms with Gasteiger partial charge in [0.15, 0.2) is 5.96 Å². The number of rotatable bonds is 8. The van der Waals surface area contributed by atoms with Gasteiger partial charge in [0.2, 0.25) is 0 Å². The molecule has 0 amide bonds. The second-order valence-corrected chi connectivity index (χ2v) is 7.36. The number of halogens is 2. The van der Waals surface area contributed by atoms with Crippen molar-refractivity contribution in [2.24, 2.45) is 10.9 Å². The van der Waals surface area contributed by atoms with E-state index in [1.165, 1.54) is 17.7 Å². The molecule has 0 aliphatic carbocycles. The number of hydrogen-bond acceptors (Lipinski definition) is 2. The zero-order chi connectivity index (χ0) is 20.5. The van der Waals surface area contributed by atoms with Gasteiger partial charge >= 0.3 is 0 Å². The van der Waals surface area contributed by atoms with Crippen molar-refractivity contribution in [2.75, 3.05) is 32.8 Å². The zero-order valence-corrected chi connectivity index (χ0v) is 16.9. The molecule has 1 N–H and O–H groups in total. The molecule has 2 aromatic rings. The Balaban J connectivity index is 1.47. The number of ether oxygens (including phenoxy) is 1. The van der Waals surface area contributed by atoms with E-state index in [4.69, 9.17) is 4.74 Å². The predicted molar refractivity (Wildman–Crippen MR) is 112 cm³/mol. The van der Waals surface area contributed by atoms with Crippen molar-refractivity contribution < 1.29 is 13.5 Å². The van der Waals surface area contributed by atoms with Gasteiger partial charge in [-0.25, -0.2) is 8.78 Å². The minimum Gasteiger partial charge on any atom is -0.376 e. The van der Waals surface area contributed by atoms with Crippen LogP contribution in [-0.2, 0) is 17.8 Å². The van der Waals surface area contributed by atoms with Crippen LogP contribution in [0, 0.1) is 17.6 Å². The number of benzene rings is 2. The Hall–Kier alpha value is -2.47. The largest absolute Gasteiger partial charge is 0.376 e. The minimum absolute atomic E-state index is 0.472. The predicted octanol–water partition coefficient (Wildman–Crippen LogP) is 4.01. The first-order valence-corrected chi connectivity index (χ1v) is 10.2. The second kappa shape index (κ2) is 10.9. The fraction of sp³-hybridized carbons (Fsp3) is 0.435. The zero-order valence-electron chi connectivity index (χ0n) is 16.9. The third kappa shape index (κ3) is 6.82. The quantitative estimate of drug-likeness (QED) is 0.536. The van der Waals surface area contributed by atoms with Gasteiger partial charge in [0, 0.05) is 38.2 Å². The second-order valence-electron chi connectivity index (χ2n) is 7.36. The van der Waals surface area contributed by atoms with Gasteiger partial charge in [0.05, 0.1) is 13.2 Å². The van der Waals surface area contributed by atoms with E-state index >= 15 is 0 Å². The molecule has 0 saturated carbocycles. The molecule has 1 fully saturated rings. The first-order chi connectivity index (χ1) is 14.1. The standard InChI is InChI=1S/C23H29F2N3O/c1-2-26-23(27-10-8-19-12-21(24)14-22(25)13-19)28-11-9-20(15-28)17-29-16-18-6-4-3-5-7-18/h3-7,12-14,20H,2,8-11,15-17H2,1H3,(H,26,27). The first-order valence-electron chi connectivity index (χ1n) is 10.2. The molecule has 3 rings (SSSR count). The van der Waals surface area contributed by atoms with Crippen LogP contribution in [0.25, 0.3) is 0 Å². The average Bonchev–Trinajstić information content (AvgIpc) is 3.16. The van der Waals surface area contributed by atoms with Crippen LogP contribution in [-0.4, -0.2) is 43.6 Å². The Kier molecular flexibility index (Phi) is 7.99. The Bertz CT molecular complexity index is 778. The van der Waals surface area contributed by atoms with E-state index in [-0.39, 0.29) is 0 Å². The van der Waals surface area contributed by atoms with Crippen LogP contribution in [0.5, 0.6) is 0 Å². The molecule has 4 nitrogen and oxygen atoms in total. The number of hydrogen-bond donors (Lipinski definition) is 1. The average molecular weight is 402 g/mol. The molecular weight excluding hydrogens is 372 g/mol. The third-order valence-corrected chi connectivity index (χ3v) is 4.97. The van der Waals surface area contributed by atoms with Crippen molar-refractivity contribution >= 4 is 5.96 Å². The van der Waals surface area contributed by atoms with Crippen LogP contribution in [0.2, 0.25) is 0 Å². The highest BCUT2D eigenvalue weighted by atomic mass is 19.1. The van der Waals surface area contributed by atoms with Crippen molar-refractivity contribution in [3.05, 3.63) is 71.3 Å². The lowest BCUT2D eigenvalue weighted by molar-refractivity contribution is 0.0907. The molecule has 0 aromatic heterocycles. The highest BCUT2D eigenvalue weighted by Gasteiger charge is 2.25. The SMILES string of the molecule is CCNC(=NCCc1cc(F)cc(F)c1)N1CCC(COCc2ccccc2)C1. The summed E-state index contributed by atoms with van der Waals surface area (Å²) in [6, 6.07) is 13.8. The molecule has 1 heterocycles. The molecule has 29 heavy (non-hydrogen) atoms. The lowest BCUT2D eigenvalue weighted by Gasteiger charge is -2.21. The molecule has 2 aromatic carbocycles. The Morgan fingerprint density at radius 2 is 1.90 bits per heavy atom. The fourth-order valence-corrected chi connectivity index (χ4v) is 3.55. The summed E-state index contributed by atoms with van der Waals surface area (Å²) in [5, 5.41) is 3.32. The minimum atomic E-state index is -0.547. The lowest BCUT2D eigenvalue weighted by Crippen LogP contribution is -2.40. The lowest BCUT2D eigenvalue weighted by atomic mass is 10.1. The van der Waals surface area contributed by atoms with Crippen molar-refractivity contribution in [3.63, 3.8) is 0 Å². The molecule has 6 heteroatoms. The molecule has 0 radical (unpaired) electrons. The maximum atomic E-state index is 13.3. The number of nitrogens with zero attached hydrogens (tertiary/aromatic N) is 2. The monoisotopic (exact) mass is 401 g/mol. The summed E-state index contributed by atoms with van der Waals surface area (Å²) in [5.41, 5.74) is 1.81. The molecule has 1 aliphatic rings. The van der Waals surface area contributed by atoms with E-state index in [1.807, 2.05) is 25.1 Å². The van der Waals surface area contributed by atoms with E-state index < -0.39 is 11.6 Å². The van der Waals surface area contributed by atoms with Gasteiger partial charge in [-0.1, -0.05) is 30.3 Å². The summed E-state index contributed by atoms with van der Waals surface area (Å²) < 4.78 is 32.5. The summed E-state index contributed by atoms with van der Waals surface area (Å²) in [6.45, 7) is 6.49. The van der Waals surface area contributed by atoms with Crippen LogP contribution < -0.4 is 5.32 Å².